The van der Waals surface area contributed by atoms with E-state index in [0.717, 1.165) is 28.3 Å². The standard InChI is InChI=1S/C61H41N3/c1-4-16-40(17-5-1)41-28-30-45(31-29-41)60-62-56(44-20-6-2-7-21-44)39-57(63-60)46-34-35-53-51(38-46)50-26-14-15-27-52(50)61(53)54-36-32-42-18-10-12-24-48(42)58(54)64(47-22-8-3-9-23-47)59-49-25-13-11-19-43(49)33-37-55(59)61/h1-39,56H,(H,62,63). The van der Waals surface area contributed by atoms with Crippen molar-refractivity contribution in [2.75, 3.05) is 4.90 Å². The van der Waals surface area contributed by atoms with Gasteiger partial charge in [-0.2, -0.15) is 0 Å². The summed E-state index contributed by atoms with van der Waals surface area (Å²) in [6.07, 6.45) is 2.29. The number of benzene rings is 10. The van der Waals surface area contributed by atoms with Gasteiger partial charge in [0.1, 0.15) is 5.84 Å². The number of fused-ring (bicyclic) bond motifs is 13. The third-order valence-corrected chi connectivity index (χ3v) is 13.7. The zero-order chi connectivity index (χ0) is 42.2. The van der Waals surface area contributed by atoms with Crippen LogP contribution < -0.4 is 10.2 Å². The summed E-state index contributed by atoms with van der Waals surface area (Å²) in [5.74, 6) is 0.859. The lowest BCUT2D eigenvalue weighted by Gasteiger charge is -2.46. The van der Waals surface area contributed by atoms with Gasteiger partial charge in [0.25, 0.3) is 0 Å². The van der Waals surface area contributed by atoms with Crippen molar-refractivity contribution in [2.24, 2.45) is 4.99 Å². The minimum Gasteiger partial charge on any atom is -0.359 e. The zero-order valence-electron chi connectivity index (χ0n) is 35.0. The predicted octanol–water partition coefficient (Wildman–Crippen LogP) is 14.9. The van der Waals surface area contributed by atoms with Crippen LogP contribution >= 0.6 is 0 Å². The van der Waals surface area contributed by atoms with E-state index in [2.05, 4.69) is 247 Å². The maximum Gasteiger partial charge on any atom is 0.134 e. The molecule has 1 N–H and O–H groups in total. The SMILES string of the molecule is C1=C(c2ccc3c(c2)-c2ccccc2C32c3ccc4ccccc4c3N(c3ccccc3)c3c2ccc2ccccc32)N=C(c2ccc(-c3ccccc3)cc2)NC1c1ccccc1. The third-order valence-electron chi connectivity index (χ3n) is 13.7. The number of hydrogen-bond donors (Lipinski definition) is 1. The van der Waals surface area contributed by atoms with Gasteiger partial charge in [-0.1, -0.05) is 212 Å². The normalized spacial score (nSPS) is 15.4. The van der Waals surface area contributed by atoms with E-state index in [1.165, 1.54) is 83.0 Å². The molecule has 0 radical (unpaired) electrons. The molecule has 0 saturated carbocycles. The van der Waals surface area contributed by atoms with Crippen molar-refractivity contribution in [2.45, 2.75) is 11.5 Å². The molecule has 2 aliphatic heterocycles. The number of nitrogens with zero attached hydrogens (tertiary/aromatic N) is 2. The van der Waals surface area contributed by atoms with E-state index in [-0.39, 0.29) is 6.04 Å². The molecule has 10 aromatic rings. The zero-order valence-corrected chi connectivity index (χ0v) is 35.0. The van der Waals surface area contributed by atoms with Crippen molar-refractivity contribution in [3.8, 4) is 22.3 Å². The van der Waals surface area contributed by atoms with Gasteiger partial charge in [0.2, 0.25) is 0 Å². The van der Waals surface area contributed by atoms with E-state index in [0.29, 0.717) is 0 Å². The number of anilines is 3. The Hall–Kier alpha value is -8.27. The van der Waals surface area contributed by atoms with Crippen LogP contribution in [0.5, 0.6) is 0 Å². The highest BCUT2D eigenvalue weighted by Gasteiger charge is 2.52. The van der Waals surface area contributed by atoms with Crippen LogP contribution in [0.1, 0.15) is 45.0 Å². The monoisotopic (exact) mass is 815 g/mol. The molecule has 0 amide bonds. The number of aliphatic imine (C=N–C) groups is 1. The Morgan fingerprint density at radius 2 is 0.922 bits per heavy atom. The number of amidine groups is 1. The Morgan fingerprint density at radius 1 is 0.406 bits per heavy atom. The van der Waals surface area contributed by atoms with Crippen LogP contribution in [0.2, 0.25) is 0 Å². The minimum absolute atomic E-state index is 0.0630. The summed E-state index contributed by atoms with van der Waals surface area (Å²) in [5.41, 5.74) is 17.3. The molecule has 3 heteroatoms. The maximum absolute atomic E-state index is 5.43. The van der Waals surface area contributed by atoms with Gasteiger partial charge >= 0.3 is 0 Å². The molecule has 300 valence electrons. The molecule has 1 spiro atoms. The summed E-state index contributed by atoms with van der Waals surface area (Å²) in [5, 5.41) is 8.70. The maximum atomic E-state index is 5.43. The van der Waals surface area contributed by atoms with Crippen molar-refractivity contribution >= 4 is 50.1 Å². The van der Waals surface area contributed by atoms with Crippen molar-refractivity contribution in [1.82, 2.24) is 5.32 Å². The molecule has 0 bridgehead atoms. The van der Waals surface area contributed by atoms with Gasteiger partial charge in [-0.25, -0.2) is 4.99 Å². The van der Waals surface area contributed by atoms with E-state index < -0.39 is 5.41 Å². The Balaban J connectivity index is 1.05. The fourth-order valence-corrected chi connectivity index (χ4v) is 10.8. The highest BCUT2D eigenvalue weighted by molar-refractivity contribution is 6.12. The second-order valence-corrected chi connectivity index (χ2v) is 17.1. The van der Waals surface area contributed by atoms with E-state index in [1.54, 1.807) is 0 Å². The van der Waals surface area contributed by atoms with Gasteiger partial charge in [-0.05, 0) is 85.1 Å². The van der Waals surface area contributed by atoms with Crippen molar-refractivity contribution in [1.29, 1.82) is 0 Å². The average molecular weight is 816 g/mol. The Labute approximate surface area is 373 Å². The highest BCUT2D eigenvalue weighted by atomic mass is 15.2. The molecule has 0 aromatic heterocycles. The average Bonchev–Trinajstić information content (AvgIpc) is 3.66. The molecule has 1 unspecified atom stereocenters. The van der Waals surface area contributed by atoms with E-state index >= 15 is 0 Å². The van der Waals surface area contributed by atoms with Crippen LogP contribution in [-0.2, 0) is 5.41 Å². The quantitative estimate of drug-likeness (QED) is 0.187. The lowest BCUT2D eigenvalue weighted by atomic mass is 9.63. The molecule has 10 aromatic carbocycles. The lowest BCUT2D eigenvalue weighted by Crippen LogP contribution is -2.36. The Morgan fingerprint density at radius 3 is 1.61 bits per heavy atom. The van der Waals surface area contributed by atoms with Crippen molar-refractivity contribution < 1.29 is 0 Å². The summed E-state index contributed by atoms with van der Waals surface area (Å²) in [6.45, 7) is 0. The fourth-order valence-electron chi connectivity index (χ4n) is 10.8. The molecule has 2 heterocycles. The van der Waals surface area contributed by atoms with Gasteiger partial charge in [-0.3, -0.25) is 0 Å². The Bertz CT molecular complexity index is 3430. The topological polar surface area (TPSA) is 27.6 Å². The summed E-state index contributed by atoms with van der Waals surface area (Å²) in [4.78, 5) is 7.97. The summed E-state index contributed by atoms with van der Waals surface area (Å²) >= 11 is 0. The van der Waals surface area contributed by atoms with Gasteiger partial charge in [0.15, 0.2) is 0 Å². The van der Waals surface area contributed by atoms with Crippen LogP contribution in [-0.4, -0.2) is 5.84 Å². The Kier molecular flexibility index (Phi) is 8.19. The first kappa shape index (κ1) is 36.4. The predicted molar refractivity (Wildman–Crippen MR) is 266 cm³/mol. The van der Waals surface area contributed by atoms with Crippen molar-refractivity contribution in [3.63, 3.8) is 0 Å². The number of nitrogens with one attached hydrogen (secondary N) is 1. The molecular weight excluding hydrogens is 775 g/mol. The highest BCUT2D eigenvalue weighted by Crippen LogP contribution is 2.65. The number of rotatable bonds is 5. The molecule has 1 aliphatic carbocycles. The van der Waals surface area contributed by atoms with E-state index in [4.69, 9.17) is 4.99 Å². The molecular formula is C61H41N3. The summed E-state index contributed by atoms with van der Waals surface area (Å²) in [7, 11) is 0. The molecule has 1 atom stereocenters. The van der Waals surface area contributed by atoms with E-state index in [9.17, 15) is 0 Å². The molecule has 64 heavy (non-hydrogen) atoms. The molecule has 0 saturated heterocycles. The number of para-hydroxylation sites is 1. The van der Waals surface area contributed by atoms with Crippen LogP contribution in [0.4, 0.5) is 17.1 Å². The van der Waals surface area contributed by atoms with Crippen molar-refractivity contribution in [3.05, 3.63) is 276 Å². The molecule has 0 fully saturated rings. The fraction of sp³-hybridized carbons (Fsp3) is 0.0328. The number of hydrogen-bond acceptors (Lipinski definition) is 3. The second kappa shape index (κ2) is 14.4. The van der Waals surface area contributed by atoms with Crippen LogP contribution in [0, 0.1) is 0 Å². The molecule has 13 rings (SSSR count). The first-order chi connectivity index (χ1) is 31.7. The van der Waals surface area contributed by atoms with E-state index in [1.807, 2.05) is 0 Å². The first-order valence-corrected chi connectivity index (χ1v) is 22.2. The summed E-state index contributed by atoms with van der Waals surface area (Å²) in [6, 6.07) is 84.3. The van der Waals surface area contributed by atoms with Gasteiger partial charge < -0.3 is 10.2 Å². The largest absolute Gasteiger partial charge is 0.359 e. The van der Waals surface area contributed by atoms with Crippen LogP contribution in [0.25, 0.3) is 49.5 Å². The third kappa shape index (κ3) is 5.44. The first-order valence-electron chi connectivity index (χ1n) is 22.2. The van der Waals surface area contributed by atoms with Crippen LogP contribution in [0.15, 0.2) is 242 Å². The summed E-state index contributed by atoms with van der Waals surface area (Å²) < 4.78 is 0. The smallest absolute Gasteiger partial charge is 0.134 e. The van der Waals surface area contributed by atoms with Gasteiger partial charge in [0.05, 0.1) is 28.5 Å². The molecule has 3 aliphatic rings. The lowest BCUT2D eigenvalue weighted by molar-refractivity contribution is 0.756. The second-order valence-electron chi connectivity index (χ2n) is 17.1. The molecule has 3 nitrogen and oxygen atoms in total. The minimum atomic E-state index is -0.599. The van der Waals surface area contributed by atoms with Gasteiger partial charge in [0, 0.05) is 27.6 Å². The van der Waals surface area contributed by atoms with Crippen LogP contribution in [0.3, 0.4) is 0 Å². The van der Waals surface area contributed by atoms with Gasteiger partial charge in [-0.15, -0.1) is 0 Å².